The summed E-state index contributed by atoms with van der Waals surface area (Å²) < 4.78 is 1.16. The van der Waals surface area contributed by atoms with Crippen LogP contribution in [-0.4, -0.2) is 6.54 Å². The Bertz CT molecular complexity index is 574. The first-order valence-corrected chi connectivity index (χ1v) is 8.25. The van der Waals surface area contributed by atoms with E-state index in [1.165, 1.54) is 27.1 Å². The lowest BCUT2D eigenvalue weighted by Gasteiger charge is -2.20. The molecule has 0 bridgehead atoms. The van der Waals surface area contributed by atoms with Crippen molar-refractivity contribution in [2.24, 2.45) is 0 Å². The first-order valence-electron chi connectivity index (χ1n) is 6.58. The van der Waals surface area contributed by atoms with Gasteiger partial charge >= 0.3 is 0 Å². The zero-order chi connectivity index (χ0) is 14.0. The Kier molecular flexibility index (Phi) is 4.82. The Morgan fingerprint density at radius 3 is 2.37 bits per heavy atom. The summed E-state index contributed by atoms with van der Waals surface area (Å²) in [4.78, 5) is 1.36. The second-order valence-corrected chi connectivity index (χ2v) is 6.81. The van der Waals surface area contributed by atoms with Crippen LogP contribution in [-0.2, 0) is 0 Å². The summed E-state index contributed by atoms with van der Waals surface area (Å²) >= 11 is 5.35. The van der Waals surface area contributed by atoms with Crippen LogP contribution in [0.1, 0.15) is 40.1 Å². The number of halogens is 1. The third-order valence-electron chi connectivity index (χ3n) is 3.47. The van der Waals surface area contributed by atoms with Crippen molar-refractivity contribution in [2.45, 2.75) is 33.7 Å². The van der Waals surface area contributed by atoms with Gasteiger partial charge in [-0.15, -0.1) is 11.3 Å². The molecule has 1 heterocycles. The van der Waals surface area contributed by atoms with Gasteiger partial charge < -0.3 is 5.32 Å². The van der Waals surface area contributed by atoms with Gasteiger partial charge in [0.15, 0.2) is 0 Å². The average Bonchev–Trinajstić information content (AvgIpc) is 2.78. The molecule has 0 fully saturated rings. The highest BCUT2D eigenvalue weighted by Crippen LogP contribution is 2.32. The van der Waals surface area contributed by atoms with Gasteiger partial charge in [0, 0.05) is 14.7 Å². The highest BCUT2D eigenvalue weighted by Gasteiger charge is 2.17. The van der Waals surface area contributed by atoms with E-state index in [2.05, 4.69) is 72.5 Å². The molecule has 0 saturated carbocycles. The maximum Gasteiger partial charge on any atom is 0.0674 e. The quantitative estimate of drug-likeness (QED) is 0.814. The van der Waals surface area contributed by atoms with E-state index >= 15 is 0 Å². The fourth-order valence-electron chi connectivity index (χ4n) is 2.34. The maximum atomic E-state index is 3.61. The van der Waals surface area contributed by atoms with Crippen LogP contribution in [0.25, 0.3) is 0 Å². The minimum absolute atomic E-state index is 0.292. The standard InChI is InChI=1S/C16H20BrNS/c1-5-18-16(15-8-13(17)9-19-15)14-7-11(3)10(2)6-12(14)4/h6-9,16,18H,5H2,1-4H3. The Hall–Kier alpha value is -0.640. The molecule has 0 radical (unpaired) electrons. The van der Waals surface area contributed by atoms with Gasteiger partial charge in [0.05, 0.1) is 6.04 Å². The molecule has 0 spiro atoms. The lowest BCUT2D eigenvalue weighted by atomic mass is 9.95. The van der Waals surface area contributed by atoms with E-state index in [0.717, 1.165) is 11.0 Å². The first-order chi connectivity index (χ1) is 9.02. The fraction of sp³-hybridized carbons (Fsp3) is 0.375. The highest BCUT2D eigenvalue weighted by molar-refractivity contribution is 9.10. The number of hydrogen-bond acceptors (Lipinski definition) is 2. The Morgan fingerprint density at radius 1 is 1.11 bits per heavy atom. The topological polar surface area (TPSA) is 12.0 Å². The van der Waals surface area contributed by atoms with Gasteiger partial charge in [0.1, 0.15) is 0 Å². The van der Waals surface area contributed by atoms with Gasteiger partial charge in [-0.3, -0.25) is 0 Å². The molecule has 2 rings (SSSR count). The van der Waals surface area contributed by atoms with Crippen LogP contribution in [0.5, 0.6) is 0 Å². The molecule has 1 atom stereocenters. The summed E-state index contributed by atoms with van der Waals surface area (Å²) in [5.41, 5.74) is 5.47. The molecule has 0 aliphatic rings. The molecule has 19 heavy (non-hydrogen) atoms. The van der Waals surface area contributed by atoms with E-state index in [1.54, 1.807) is 11.3 Å². The highest BCUT2D eigenvalue weighted by atomic mass is 79.9. The van der Waals surface area contributed by atoms with Crippen molar-refractivity contribution in [3.63, 3.8) is 0 Å². The summed E-state index contributed by atoms with van der Waals surface area (Å²) in [7, 11) is 0. The molecule has 0 aliphatic heterocycles. The van der Waals surface area contributed by atoms with Gasteiger partial charge in [0.2, 0.25) is 0 Å². The van der Waals surface area contributed by atoms with Gasteiger partial charge in [-0.2, -0.15) is 0 Å². The molecule has 0 aliphatic carbocycles. The minimum atomic E-state index is 0.292. The fourth-order valence-corrected chi connectivity index (χ4v) is 3.88. The van der Waals surface area contributed by atoms with Crippen LogP contribution in [0, 0.1) is 20.8 Å². The molecule has 1 nitrogen and oxygen atoms in total. The van der Waals surface area contributed by atoms with Crippen LogP contribution in [0.4, 0.5) is 0 Å². The molecule has 0 amide bonds. The summed E-state index contributed by atoms with van der Waals surface area (Å²) in [5, 5.41) is 5.75. The molecular weight excluding hydrogens is 318 g/mol. The van der Waals surface area contributed by atoms with E-state index < -0.39 is 0 Å². The smallest absolute Gasteiger partial charge is 0.0674 e. The molecule has 3 heteroatoms. The molecule has 1 aromatic carbocycles. The minimum Gasteiger partial charge on any atom is -0.306 e. The van der Waals surface area contributed by atoms with Gasteiger partial charge in [-0.1, -0.05) is 19.1 Å². The van der Waals surface area contributed by atoms with Crippen molar-refractivity contribution in [3.05, 3.63) is 55.2 Å². The maximum absolute atomic E-state index is 3.61. The van der Waals surface area contributed by atoms with Gasteiger partial charge in [-0.25, -0.2) is 0 Å². The van der Waals surface area contributed by atoms with Crippen molar-refractivity contribution in [2.75, 3.05) is 6.54 Å². The zero-order valence-corrected chi connectivity index (χ0v) is 14.3. The summed E-state index contributed by atoms with van der Waals surface area (Å²) in [6.07, 6.45) is 0. The van der Waals surface area contributed by atoms with Crippen LogP contribution < -0.4 is 5.32 Å². The van der Waals surface area contributed by atoms with E-state index in [4.69, 9.17) is 0 Å². The van der Waals surface area contributed by atoms with E-state index in [1.807, 2.05) is 0 Å². The Morgan fingerprint density at radius 2 is 1.79 bits per heavy atom. The van der Waals surface area contributed by atoms with Crippen molar-refractivity contribution in [1.29, 1.82) is 0 Å². The number of hydrogen-bond donors (Lipinski definition) is 1. The molecular formula is C16H20BrNS. The third kappa shape index (κ3) is 3.28. The SMILES string of the molecule is CCNC(c1cc(Br)cs1)c1cc(C)c(C)cc1C. The van der Waals surface area contributed by atoms with E-state index in [0.29, 0.717) is 6.04 Å². The normalized spacial score (nSPS) is 12.7. The Balaban J connectivity index is 2.47. The van der Waals surface area contributed by atoms with Gasteiger partial charge in [-0.05, 0) is 71.6 Å². The summed E-state index contributed by atoms with van der Waals surface area (Å²) in [6, 6.07) is 7.12. The van der Waals surface area contributed by atoms with Crippen LogP contribution >= 0.6 is 27.3 Å². The number of benzene rings is 1. The average molecular weight is 338 g/mol. The lowest BCUT2D eigenvalue weighted by molar-refractivity contribution is 0.636. The zero-order valence-electron chi connectivity index (χ0n) is 11.9. The largest absolute Gasteiger partial charge is 0.306 e. The predicted octanol–water partition coefficient (Wildman–Crippen LogP) is 5.13. The lowest BCUT2D eigenvalue weighted by Crippen LogP contribution is -2.22. The first kappa shape index (κ1) is 14.8. The summed E-state index contributed by atoms with van der Waals surface area (Å²) in [5.74, 6) is 0. The number of aryl methyl sites for hydroxylation is 3. The van der Waals surface area contributed by atoms with Crippen molar-refractivity contribution >= 4 is 27.3 Å². The Labute approximate surface area is 128 Å². The third-order valence-corrected chi connectivity index (χ3v) is 5.23. The van der Waals surface area contributed by atoms with Crippen molar-refractivity contribution in [1.82, 2.24) is 5.32 Å². The monoisotopic (exact) mass is 337 g/mol. The van der Waals surface area contributed by atoms with Crippen LogP contribution in [0.15, 0.2) is 28.1 Å². The number of rotatable bonds is 4. The number of thiophene rings is 1. The van der Waals surface area contributed by atoms with Crippen LogP contribution in [0.3, 0.4) is 0 Å². The van der Waals surface area contributed by atoms with Gasteiger partial charge in [0.25, 0.3) is 0 Å². The second-order valence-electron chi connectivity index (χ2n) is 4.95. The molecule has 1 unspecified atom stereocenters. The molecule has 0 saturated heterocycles. The van der Waals surface area contributed by atoms with Crippen molar-refractivity contribution < 1.29 is 0 Å². The second kappa shape index (κ2) is 6.21. The molecule has 2 aromatic rings. The summed E-state index contributed by atoms with van der Waals surface area (Å²) in [6.45, 7) is 9.69. The molecule has 1 N–H and O–H groups in total. The number of nitrogens with one attached hydrogen (secondary N) is 1. The van der Waals surface area contributed by atoms with Crippen molar-refractivity contribution in [3.8, 4) is 0 Å². The molecule has 102 valence electrons. The molecule has 1 aromatic heterocycles. The van der Waals surface area contributed by atoms with E-state index in [-0.39, 0.29) is 0 Å². The van der Waals surface area contributed by atoms with E-state index in [9.17, 15) is 0 Å². The van der Waals surface area contributed by atoms with Crippen LogP contribution in [0.2, 0.25) is 0 Å². The predicted molar refractivity (Wildman–Crippen MR) is 88.2 cm³/mol.